The van der Waals surface area contributed by atoms with Gasteiger partial charge in [-0.3, -0.25) is 0 Å². The molecule has 1 atom stereocenters. The molecule has 0 aliphatic carbocycles. The molecule has 1 aliphatic rings. The topological polar surface area (TPSA) is 32.3 Å². The van der Waals surface area contributed by atoms with E-state index >= 15 is 0 Å². The van der Waals surface area contributed by atoms with Gasteiger partial charge in [-0.25, -0.2) is 8.93 Å². The van der Waals surface area contributed by atoms with Crippen LogP contribution >= 0.6 is 0 Å². The lowest BCUT2D eigenvalue weighted by atomic mass is 9.87. The largest absolute Gasteiger partial charge is 0.302 e. The Morgan fingerprint density at radius 3 is 2.29 bits per heavy atom. The fourth-order valence-electron chi connectivity index (χ4n) is 2.63. The van der Waals surface area contributed by atoms with E-state index < -0.39 is 9.71 Å². The van der Waals surface area contributed by atoms with Crippen molar-refractivity contribution in [3.8, 4) is 0 Å². The van der Waals surface area contributed by atoms with Gasteiger partial charge in [0.1, 0.15) is 0 Å². The summed E-state index contributed by atoms with van der Waals surface area (Å²) in [5.74, 6) is 3.89. The monoisotopic (exact) mass is 308 g/mol. The van der Waals surface area contributed by atoms with Gasteiger partial charge in [0.25, 0.3) is 0 Å². The van der Waals surface area contributed by atoms with Crippen LogP contribution in [0.4, 0.5) is 0 Å². The summed E-state index contributed by atoms with van der Waals surface area (Å²) in [5.41, 5.74) is 1.36. The van der Waals surface area contributed by atoms with Crippen LogP contribution in [0.1, 0.15) is 39.2 Å². The Labute approximate surface area is 129 Å². The molecule has 0 saturated carbocycles. The van der Waals surface area contributed by atoms with Crippen LogP contribution in [-0.2, 0) is 15.1 Å². The first kappa shape index (κ1) is 16.5. The molecule has 1 aromatic carbocycles. The molecule has 1 fully saturated rings. The summed E-state index contributed by atoms with van der Waals surface area (Å²) in [4.78, 5) is 3.20. The molecular formula is C17H28N2OS. The van der Waals surface area contributed by atoms with Crippen molar-refractivity contribution in [3.63, 3.8) is 0 Å². The van der Waals surface area contributed by atoms with Crippen LogP contribution in [0, 0.1) is 0 Å². The molecule has 1 aromatic rings. The van der Waals surface area contributed by atoms with Gasteiger partial charge in [-0.1, -0.05) is 32.9 Å². The Bertz CT molecular complexity index is 549. The molecule has 4 heteroatoms. The maximum absolute atomic E-state index is 12.7. The van der Waals surface area contributed by atoms with Crippen molar-refractivity contribution in [1.29, 1.82) is 0 Å². The number of nitrogens with one attached hydrogen (secondary N) is 1. The molecule has 118 valence electrons. The van der Waals surface area contributed by atoms with Crippen LogP contribution in [-0.4, -0.2) is 41.2 Å². The zero-order chi connectivity index (χ0) is 15.5. The number of hydrogen-bond acceptors (Lipinski definition) is 2. The molecule has 1 heterocycles. The predicted molar refractivity (Wildman–Crippen MR) is 92.3 cm³/mol. The third kappa shape index (κ3) is 4.56. The minimum absolute atomic E-state index is 0.115. The van der Waals surface area contributed by atoms with Gasteiger partial charge in [-0.2, -0.15) is 0 Å². The van der Waals surface area contributed by atoms with Crippen LogP contribution in [0.15, 0.2) is 29.2 Å². The Kier molecular flexibility index (Phi) is 5.12. The number of rotatable bonds is 5. The standard InChI is InChI=1S/C17H28N2OS/c1-17(2,3)15-7-9-16(10-8-15)21(4,20)18-11-14-19-12-5-6-13-19/h7-10H,4-6,11-14H2,1-3H3,(H,18,20). The third-order valence-electron chi connectivity index (χ3n) is 4.06. The van der Waals surface area contributed by atoms with E-state index in [0.29, 0.717) is 0 Å². The smallest absolute Gasteiger partial charge is 0.0533 e. The minimum Gasteiger partial charge on any atom is -0.302 e. The predicted octanol–water partition coefficient (Wildman–Crippen LogP) is 2.66. The van der Waals surface area contributed by atoms with Gasteiger partial charge >= 0.3 is 0 Å². The van der Waals surface area contributed by atoms with Gasteiger partial charge in [0, 0.05) is 18.0 Å². The maximum Gasteiger partial charge on any atom is 0.0533 e. The summed E-state index contributed by atoms with van der Waals surface area (Å²) in [5, 5.41) is 0. The first-order chi connectivity index (χ1) is 9.79. The second-order valence-electron chi connectivity index (χ2n) is 6.89. The summed E-state index contributed by atoms with van der Waals surface area (Å²) in [6, 6.07) is 8.00. The first-order valence-electron chi connectivity index (χ1n) is 7.74. The van der Waals surface area contributed by atoms with E-state index in [0.717, 1.165) is 18.0 Å². The number of benzene rings is 1. The lowest BCUT2D eigenvalue weighted by Gasteiger charge is -2.20. The summed E-state index contributed by atoms with van der Waals surface area (Å²) in [6.07, 6.45) is 2.57. The van der Waals surface area contributed by atoms with Gasteiger partial charge in [0.05, 0.1) is 9.71 Å². The first-order valence-corrected chi connectivity index (χ1v) is 9.46. The Balaban J connectivity index is 1.95. The molecule has 0 bridgehead atoms. The lowest BCUT2D eigenvalue weighted by Crippen LogP contribution is -2.33. The highest BCUT2D eigenvalue weighted by atomic mass is 32.2. The number of hydrogen-bond donors (Lipinski definition) is 1. The second kappa shape index (κ2) is 6.51. The zero-order valence-corrected chi connectivity index (χ0v) is 14.3. The molecular weight excluding hydrogens is 280 g/mol. The van der Waals surface area contributed by atoms with E-state index in [1.54, 1.807) is 0 Å². The quantitative estimate of drug-likeness (QED) is 0.848. The van der Waals surface area contributed by atoms with Gasteiger partial charge < -0.3 is 4.90 Å². The average molecular weight is 308 g/mol. The summed E-state index contributed by atoms with van der Waals surface area (Å²) >= 11 is 0. The molecule has 0 amide bonds. The van der Waals surface area contributed by atoms with Crippen molar-refractivity contribution < 1.29 is 4.21 Å². The van der Waals surface area contributed by atoms with Crippen molar-refractivity contribution in [2.24, 2.45) is 0 Å². The summed E-state index contributed by atoms with van der Waals surface area (Å²) in [7, 11) is -2.39. The van der Waals surface area contributed by atoms with Crippen LogP contribution in [0.5, 0.6) is 0 Å². The van der Waals surface area contributed by atoms with Gasteiger partial charge in [-0.15, -0.1) is 0 Å². The fraction of sp³-hybridized carbons (Fsp3) is 0.588. The van der Waals surface area contributed by atoms with E-state index in [-0.39, 0.29) is 5.41 Å². The van der Waals surface area contributed by atoms with Crippen molar-refractivity contribution in [2.45, 2.75) is 43.9 Å². The molecule has 0 spiro atoms. The molecule has 3 nitrogen and oxygen atoms in total. The number of nitrogens with zero attached hydrogens (tertiary/aromatic N) is 1. The van der Waals surface area contributed by atoms with E-state index in [9.17, 15) is 4.21 Å². The highest BCUT2D eigenvalue weighted by Crippen LogP contribution is 2.23. The molecule has 1 saturated heterocycles. The zero-order valence-electron chi connectivity index (χ0n) is 13.5. The number of likely N-dealkylation sites (tertiary alicyclic amines) is 1. The van der Waals surface area contributed by atoms with Crippen molar-refractivity contribution in [2.75, 3.05) is 26.2 Å². The van der Waals surface area contributed by atoms with Crippen LogP contribution in [0.2, 0.25) is 0 Å². The van der Waals surface area contributed by atoms with Crippen molar-refractivity contribution >= 4 is 15.6 Å². The Morgan fingerprint density at radius 1 is 1.19 bits per heavy atom. The van der Waals surface area contributed by atoms with Crippen molar-refractivity contribution in [1.82, 2.24) is 9.62 Å². The SMILES string of the molecule is C=S(=O)(NCCN1CCCC1)c1ccc(C(C)(C)C)cc1. The molecule has 1 N–H and O–H groups in total. The average Bonchev–Trinajstić information content (AvgIpc) is 2.91. The van der Waals surface area contributed by atoms with E-state index in [1.807, 2.05) is 12.1 Å². The van der Waals surface area contributed by atoms with Gasteiger partial charge in [-0.05, 0) is 54.9 Å². The van der Waals surface area contributed by atoms with E-state index in [1.165, 1.54) is 31.5 Å². The second-order valence-corrected chi connectivity index (χ2v) is 9.00. The summed E-state index contributed by atoms with van der Waals surface area (Å²) < 4.78 is 15.8. The van der Waals surface area contributed by atoms with E-state index in [4.69, 9.17) is 0 Å². The van der Waals surface area contributed by atoms with Gasteiger partial charge in [0.2, 0.25) is 0 Å². The van der Waals surface area contributed by atoms with Gasteiger partial charge in [0.15, 0.2) is 0 Å². The summed E-state index contributed by atoms with van der Waals surface area (Å²) in [6.45, 7) is 10.5. The molecule has 0 aromatic heterocycles. The normalized spacial score (nSPS) is 19.6. The van der Waals surface area contributed by atoms with Crippen LogP contribution in [0.25, 0.3) is 0 Å². The van der Waals surface area contributed by atoms with Crippen LogP contribution < -0.4 is 4.72 Å². The maximum atomic E-state index is 12.7. The van der Waals surface area contributed by atoms with E-state index in [2.05, 4.69) is 48.4 Å². The van der Waals surface area contributed by atoms with Crippen LogP contribution in [0.3, 0.4) is 0 Å². The third-order valence-corrected chi connectivity index (χ3v) is 5.77. The Hall–Kier alpha value is -0.840. The fourth-order valence-corrected chi connectivity index (χ4v) is 3.80. The molecule has 21 heavy (non-hydrogen) atoms. The highest BCUT2D eigenvalue weighted by Gasteiger charge is 2.15. The molecule has 1 aliphatic heterocycles. The highest BCUT2D eigenvalue weighted by molar-refractivity contribution is 7.98. The Morgan fingerprint density at radius 2 is 1.76 bits per heavy atom. The van der Waals surface area contributed by atoms with Crippen molar-refractivity contribution in [3.05, 3.63) is 29.8 Å². The molecule has 1 unspecified atom stereocenters. The lowest BCUT2D eigenvalue weighted by molar-refractivity contribution is 0.345. The minimum atomic E-state index is -2.39. The molecule has 0 radical (unpaired) electrons. The molecule has 2 rings (SSSR count).